The molecule has 0 unspecified atom stereocenters. The number of halogens is 4. The van der Waals surface area contributed by atoms with E-state index < -0.39 is 11.8 Å². The Labute approximate surface area is 244 Å². The molecule has 0 atom stereocenters. The van der Waals surface area contributed by atoms with Crippen molar-refractivity contribution < 1.29 is 9.59 Å². The third kappa shape index (κ3) is 5.99. The lowest BCUT2D eigenvalue weighted by molar-refractivity contribution is 0.101. The van der Waals surface area contributed by atoms with Crippen LogP contribution >= 0.6 is 69.1 Å². The van der Waals surface area contributed by atoms with Crippen molar-refractivity contribution in [3.05, 3.63) is 96.8 Å². The van der Waals surface area contributed by atoms with Crippen molar-refractivity contribution in [2.75, 3.05) is 10.6 Å². The van der Waals surface area contributed by atoms with Gasteiger partial charge >= 0.3 is 0 Å². The van der Waals surface area contributed by atoms with E-state index in [2.05, 4.69) is 25.6 Å². The minimum atomic E-state index is -0.523. The molecule has 7 nitrogen and oxygen atoms in total. The Balaban J connectivity index is 1.28. The molecule has 3 aromatic heterocycles. The van der Waals surface area contributed by atoms with E-state index in [0.717, 1.165) is 0 Å². The SMILES string of the molecule is O=C(Nc1nc(-c2cc(Cl)ccc2Cl)cs1)c1cccc(C(=O)Nc2nc(-c3cc(Cl)ccc3Cl)cs2)n1. The molecule has 2 N–H and O–H groups in total. The maximum atomic E-state index is 12.8. The van der Waals surface area contributed by atoms with E-state index in [9.17, 15) is 9.59 Å². The number of carbonyl (C=O) groups is 2. The van der Waals surface area contributed by atoms with Crippen molar-refractivity contribution in [3.8, 4) is 22.5 Å². The van der Waals surface area contributed by atoms with Crippen molar-refractivity contribution in [1.29, 1.82) is 0 Å². The molecule has 0 saturated heterocycles. The summed E-state index contributed by atoms with van der Waals surface area (Å²) in [7, 11) is 0. The second-order valence-corrected chi connectivity index (χ2v) is 11.0. The van der Waals surface area contributed by atoms with Crippen LogP contribution in [0.25, 0.3) is 22.5 Å². The molecule has 0 fully saturated rings. The van der Waals surface area contributed by atoms with E-state index in [4.69, 9.17) is 46.4 Å². The van der Waals surface area contributed by atoms with Gasteiger partial charge in [0.1, 0.15) is 11.4 Å². The molecule has 0 saturated carbocycles. The lowest BCUT2D eigenvalue weighted by Crippen LogP contribution is -2.18. The molecule has 0 aliphatic rings. The first kappa shape index (κ1) is 26.6. The molecule has 5 rings (SSSR count). The Morgan fingerprint density at radius 1 is 0.632 bits per heavy atom. The number of nitrogens with one attached hydrogen (secondary N) is 2. The first-order valence-electron chi connectivity index (χ1n) is 10.7. The predicted octanol–water partition coefficient (Wildman–Crippen LogP) is 8.45. The zero-order chi connectivity index (χ0) is 26.8. The molecule has 5 aromatic rings. The van der Waals surface area contributed by atoms with E-state index in [1.54, 1.807) is 53.2 Å². The average Bonchev–Trinajstić information content (AvgIpc) is 3.57. The molecule has 38 heavy (non-hydrogen) atoms. The Hall–Kier alpha value is -3.05. The molecule has 0 spiro atoms. The first-order chi connectivity index (χ1) is 18.3. The molecular formula is C25H13Cl4N5O2S2. The number of thiazole rings is 2. The smallest absolute Gasteiger partial charge is 0.276 e. The van der Waals surface area contributed by atoms with Crippen LogP contribution in [0.3, 0.4) is 0 Å². The van der Waals surface area contributed by atoms with Crippen molar-refractivity contribution >= 4 is 91.2 Å². The third-order valence-electron chi connectivity index (χ3n) is 5.07. The fraction of sp³-hybridized carbons (Fsp3) is 0. The van der Waals surface area contributed by atoms with Crippen LogP contribution in [0.4, 0.5) is 10.3 Å². The fourth-order valence-electron chi connectivity index (χ4n) is 3.31. The highest BCUT2D eigenvalue weighted by atomic mass is 35.5. The van der Waals surface area contributed by atoms with Crippen LogP contribution in [0, 0.1) is 0 Å². The molecule has 0 radical (unpaired) electrons. The Kier molecular flexibility index (Phi) is 7.94. The van der Waals surface area contributed by atoms with Gasteiger partial charge in [-0.15, -0.1) is 22.7 Å². The lowest BCUT2D eigenvalue weighted by Gasteiger charge is -2.05. The van der Waals surface area contributed by atoms with Crippen molar-refractivity contribution in [3.63, 3.8) is 0 Å². The van der Waals surface area contributed by atoms with Crippen molar-refractivity contribution in [1.82, 2.24) is 15.0 Å². The molecule has 0 bridgehead atoms. The van der Waals surface area contributed by atoms with Crippen LogP contribution < -0.4 is 10.6 Å². The van der Waals surface area contributed by atoms with Crippen molar-refractivity contribution in [2.24, 2.45) is 0 Å². The number of rotatable bonds is 6. The minimum absolute atomic E-state index is 0.0423. The summed E-state index contributed by atoms with van der Waals surface area (Å²) < 4.78 is 0. The van der Waals surface area contributed by atoms with E-state index in [-0.39, 0.29) is 11.4 Å². The van der Waals surface area contributed by atoms with Crippen LogP contribution in [-0.2, 0) is 0 Å². The van der Waals surface area contributed by atoms with Gasteiger partial charge in [0, 0.05) is 31.9 Å². The average molecular weight is 621 g/mol. The summed E-state index contributed by atoms with van der Waals surface area (Å²) in [4.78, 5) is 38.7. The molecule has 0 aliphatic carbocycles. The van der Waals surface area contributed by atoms with Gasteiger partial charge in [0.2, 0.25) is 0 Å². The number of amides is 2. The number of carbonyl (C=O) groups excluding carboxylic acids is 2. The molecule has 13 heteroatoms. The fourth-order valence-corrected chi connectivity index (χ4v) is 5.49. The number of benzene rings is 2. The number of nitrogens with zero attached hydrogens (tertiary/aromatic N) is 3. The highest BCUT2D eigenvalue weighted by Gasteiger charge is 2.17. The summed E-state index contributed by atoms with van der Waals surface area (Å²) in [6.45, 7) is 0. The quantitative estimate of drug-likeness (QED) is 0.198. The maximum Gasteiger partial charge on any atom is 0.276 e. The first-order valence-corrected chi connectivity index (χ1v) is 14.0. The number of hydrogen-bond donors (Lipinski definition) is 2. The highest BCUT2D eigenvalue weighted by molar-refractivity contribution is 7.14. The van der Waals surface area contributed by atoms with Crippen LogP contribution in [0.1, 0.15) is 21.0 Å². The summed E-state index contributed by atoms with van der Waals surface area (Å²) >= 11 is 27.1. The van der Waals surface area contributed by atoms with E-state index in [0.29, 0.717) is 52.9 Å². The van der Waals surface area contributed by atoms with Gasteiger partial charge in [0.15, 0.2) is 10.3 Å². The van der Waals surface area contributed by atoms with E-state index in [1.807, 2.05) is 0 Å². The number of aromatic nitrogens is 3. The third-order valence-corrected chi connectivity index (χ3v) is 7.72. The zero-order valence-corrected chi connectivity index (χ0v) is 23.5. The summed E-state index contributed by atoms with van der Waals surface area (Å²) in [5.41, 5.74) is 2.52. The number of hydrogen-bond acceptors (Lipinski definition) is 7. The Bertz CT molecular complexity index is 1570. The van der Waals surface area contributed by atoms with Gasteiger partial charge in [-0.3, -0.25) is 20.2 Å². The van der Waals surface area contributed by atoms with Gasteiger partial charge in [0.25, 0.3) is 11.8 Å². The second-order valence-electron chi connectivity index (χ2n) is 7.64. The largest absolute Gasteiger partial charge is 0.296 e. The summed E-state index contributed by atoms with van der Waals surface area (Å²) in [5.74, 6) is -1.05. The zero-order valence-electron chi connectivity index (χ0n) is 18.8. The Morgan fingerprint density at radius 2 is 1.08 bits per heavy atom. The highest BCUT2D eigenvalue weighted by Crippen LogP contribution is 2.34. The summed E-state index contributed by atoms with van der Waals surface area (Å²) in [6, 6.07) is 14.7. The van der Waals surface area contributed by atoms with Gasteiger partial charge in [-0.2, -0.15) is 0 Å². The van der Waals surface area contributed by atoms with E-state index in [1.165, 1.54) is 34.8 Å². The van der Waals surface area contributed by atoms with Gasteiger partial charge in [-0.1, -0.05) is 52.5 Å². The van der Waals surface area contributed by atoms with Crippen LogP contribution in [0.5, 0.6) is 0 Å². The minimum Gasteiger partial charge on any atom is -0.296 e. The van der Waals surface area contributed by atoms with Crippen LogP contribution in [0.15, 0.2) is 65.4 Å². The number of anilines is 2. The molecular weight excluding hydrogens is 608 g/mol. The van der Waals surface area contributed by atoms with Crippen LogP contribution in [0.2, 0.25) is 20.1 Å². The molecule has 3 heterocycles. The maximum absolute atomic E-state index is 12.8. The van der Waals surface area contributed by atoms with Crippen LogP contribution in [-0.4, -0.2) is 26.8 Å². The van der Waals surface area contributed by atoms with Gasteiger partial charge in [0.05, 0.1) is 21.4 Å². The van der Waals surface area contributed by atoms with Crippen molar-refractivity contribution in [2.45, 2.75) is 0 Å². The Morgan fingerprint density at radius 3 is 1.53 bits per heavy atom. The monoisotopic (exact) mass is 619 g/mol. The van der Waals surface area contributed by atoms with Gasteiger partial charge in [-0.05, 0) is 48.5 Å². The lowest BCUT2D eigenvalue weighted by atomic mass is 10.2. The van der Waals surface area contributed by atoms with Gasteiger partial charge in [-0.25, -0.2) is 15.0 Å². The molecule has 0 aliphatic heterocycles. The molecule has 2 aromatic carbocycles. The predicted molar refractivity (Wildman–Crippen MR) is 155 cm³/mol. The van der Waals surface area contributed by atoms with E-state index >= 15 is 0 Å². The summed E-state index contributed by atoms with van der Waals surface area (Å²) in [5, 5.41) is 11.6. The standard InChI is InChI=1S/C25H13Cl4N5O2S2/c26-12-4-6-16(28)14(8-12)20-10-37-24(31-20)33-22(35)18-2-1-3-19(30-18)23(36)34-25-32-21(11-38-25)15-9-13(27)5-7-17(15)29/h1-11H,(H,31,33,35)(H,32,34,36). The summed E-state index contributed by atoms with van der Waals surface area (Å²) in [6.07, 6.45) is 0. The van der Waals surface area contributed by atoms with Gasteiger partial charge < -0.3 is 0 Å². The normalized spacial score (nSPS) is 10.8. The molecule has 190 valence electrons. The molecule has 2 amide bonds. The second kappa shape index (κ2) is 11.4. The topological polar surface area (TPSA) is 96.9 Å². The number of pyridine rings is 1.